The molecule has 1 aliphatic rings. The number of nitrogens with one attached hydrogen (secondary N) is 1. The largest absolute Gasteiger partial charge is 0.481 e. The fraction of sp³-hybridized carbons (Fsp3) is 0.240. The number of hydrogen-bond acceptors (Lipinski definition) is 6. The van der Waals surface area contributed by atoms with E-state index < -0.39 is 16.1 Å². The van der Waals surface area contributed by atoms with E-state index in [0.29, 0.717) is 39.9 Å². The van der Waals surface area contributed by atoms with Gasteiger partial charge in [0.05, 0.1) is 28.9 Å². The van der Waals surface area contributed by atoms with Crippen LogP contribution in [0.5, 0.6) is 5.88 Å². The minimum absolute atomic E-state index is 0.149. The van der Waals surface area contributed by atoms with Gasteiger partial charge in [-0.3, -0.25) is 13.9 Å². The van der Waals surface area contributed by atoms with E-state index >= 15 is 0 Å². The molecule has 1 fully saturated rings. The van der Waals surface area contributed by atoms with Crippen molar-refractivity contribution >= 4 is 39.0 Å². The van der Waals surface area contributed by atoms with E-state index in [1.807, 2.05) is 43.3 Å². The van der Waals surface area contributed by atoms with Gasteiger partial charge in [-0.25, -0.2) is 4.68 Å². The van der Waals surface area contributed by atoms with Gasteiger partial charge in [0.2, 0.25) is 5.88 Å². The summed E-state index contributed by atoms with van der Waals surface area (Å²) in [6.45, 7) is 1.84. The van der Waals surface area contributed by atoms with Crippen molar-refractivity contribution in [2.24, 2.45) is 0 Å². The van der Waals surface area contributed by atoms with Crippen LogP contribution in [0.15, 0.2) is 60.7 Å². The number of rotatable bonds is 5. The fourth-order valence-electron chi connectivity index (χ4n) is 4.41. The summed E-state index contributed by atoms with van der Waals surface area (Å²) in [6.07, 6.45) is 0.506. The predicted molar refractivity (Wildman–Crippen MR) is 139 cm³/mol. The van der Waals surface area contributed by atoms with E-state index in [2.05, 4.69) is 10.3 Å². The minimum atomic E-state index is -2.66. The quantitative estimate of drug-likeness (QED) is 0.330. The van der Waals surface area contributed by atoms with Crippen LogP contribution in [0, 0.1) is 0 Å². The molecule has 35 heavy (non-hydrogen) atoms. The maximum atomic E-state index is 13.2. The zero-order chi connectivity index (χ0) is 24.8. The van der Waals surface area contributed by atoms with Crippen LogP contribution in [0.2, 0.25) is 5.02 Å². The molecule has 1 atom stereocenters. The molecule has 5 rings (SSSR count). The van der Waals surface area contributed by atoms with Crippen LogP contribution in [0.4, 0.5) is 0 Å². The Morgan fingerprint density at radius 3 is 2.69 bits per heavy atom. The Kier molecular flexibility index (Phi) is 5.96. The Labute approximate surface area is 209 Å². The SMILES string of the molecule is COc1cccc(-n2nc(-c3ccccc3Cl)c3ccc(C(=O)NC4(C)CCS(O)(O)C4)cc32)n1. The molecule has 4 aromatic rings. The number of aromatic nitrogens is 3. The summed E-state index contributed by atoms with van der Waals surface area (Å²) in [6, 6.07) is 18.2. The van der Waals surface area contributed by atoms with E-state index in [4.69, 9.17) is 21.4 Å². The fourth-order valence-corrected chi connectivity index (χ4v) is 6.79. The average molecular weight is 513 g/mol. The molecule has 1 saturated heterocycles. The van der Waals surface area contributed by atoms with Gasteiger partial charge in [-0.05, 0) is 43.7 Å². The maximum absolute atomic E-state index is 13.2. The lowest BCUT2D eigenvalue weighted by molar-refractivity contribution is 0.0915. The molecule has 2 aromatic carbocycles. The van der Waals surface area contributed by atoms with E-state index in [1.54, 1.807) is 36.1 Å². The lowest BCUT2D eigenvalue weighted by Crippen LogP contribution is -2.46. The van der Waals surface area contributed by atoms with Crippen molar-refractivity contribution in [2.75, 3.05) is 18.6 Å². The van der Waals surface area contributed by atoms with Crippen LogP contribution in [-0.2, 0) is 0 Å². The van der Waals surface area contributed by atoms with Gasteiger partial charge >= 0.3 is 0 Å². The zero-order valence-corrected chi connectivity index (χ0v) is 20.8. The van der Waals surface area contributed by atoms with Crippen LogP contribution in [0.1, 0.15) is 23.7 Å². The number of carbonyl (C=O) groups is 1. The number of amides is 1. The van der Waals surface area contributed by atoms with Crippen molar-refractivity contribution in [2.45, 2.75) is 18.9 Å². The second kappa shape index (κ2) is 8.83. The first-order chi connectivity index (χ1) is 16.7. The van der Waals surface area contributed by atoms with E-state index in [1.165, 1.54) is 0 Å². The van der Waals surface area contributed by atoms with Crippen LogP contribution in [-0.4, -0.2) is 53.9 Å². The first-order valence-electron chi connectivity index (χ1n) is 11.0. The molecule has 0 radical (unpaired) electrons. The molecule has 0 aliphatic carbocycles. The second-order valence-electron chi connectivity index (χ2n) is 8.93. The number of hydrogen-bond donors (Lipinski definition) is 3. The molecular formula is C25H25ClN4O4S. The van der Waals surface area contributed by atoms with Crippen molar-refractivity contribution in [3.05, 3.63) is 71.2 Å². The van der Waals surface area contributed by atoms with Crippen molar-refractivity contribution in [1.82, 2.24) is 20.1 Å². The maximum Gasteiger partial charge on any atom is 0.251 e. The van der Waals surface area contributed by atoms with Gasteiger partial charge in [-0.1, -0.05) is 35.9 Å². The normalized spacial score (nSPS) is 20.0. The Balaban J connectivity index is 1.62. The highest BCUT2D eigenvalue weighted by molar-refractivity contribution is 8.24. The number of fused-ring (bicyclic) bond motifs is 1. The summed E-state index contributed by atoms with van der Waals surface area (Å²) in [4.78, 5) is 17.7. The summed E-state index contributed by atoms with van der Waals surface area (Å²) in [7, 11) is -1.11. The highest BCUT2D eigenvalue weighted by atomic mass is 35.5. The molecule has 8 nitrogen and oxygen atoms in total. The van der Waals surface area contributed by atoms with E-state index in [0.717, 1.165) is 10.9 Å². The number of benzene rings is 2. The lowest BCUT2D eigenvalue weighted by Gasteiger charge is -2.30. The predicted octanol–water partition coefficient (Wildman–Crippen LogP) is 5.39. The third kappa shape index (κ3) is 4.60. The van der Waals surface area contributed by atoms with Gasteiger partial charge in [0, 0.05) is 28.3 Å². The third-order valence-corrected chi connectivity index (χ3v) is 8.44. The summed E-state index contributed by atoms with van der Waals surface area (Å²) < 4.78 is 27.0. The zero-order valence-electron chi connectivity index (χ0n) is 19.2. The van der Waals surface area contributed by atoms with Crippen molar-refractivity contribution < 1.29 is 18.6 Å². The number of ether oxygens (including phenoxy) is 1. The summed E-state index contributed by atoms with van der Waals surface area (Å²) in [5, 5.41) is 9.18. The Morgan fingerprint density at radius 1 is 1.17 bits per heavy atom. The Hall–Kier alpha value is -3.11. The Bertz CT molecular complexity index is 1440. The van der Waals surface area contributed by atoms with Crippen molar-refractivity contribution in [1.29, 1.82) is 0 Å². The highest BCUT2D eigenvalue weighted by Gasteiger charge is 2.39. The summed E-state index contributed by atoms with van der Waals surface area (Å²) in [5.41, 5.74) is 1.86. The topological polar surface area (TPSA) is 110 Å². The summed E-state index contributed by atoms with van der Waals surface area (Å²) in [5.74, 6) is 1.11. The molecule has 1 unspecified atom stereocenters. The lowest BCUT2D eigenvalue weighted by atomic mass is 10.0. The second-order valence-corrected chi connectivity index (χ2v) is 11.6. The number of halogens is 1. The smallest absolute Gasteiger partial charge is 0.251 e. The van der Waals surface area contributed by atoms with Gasteiger partial charge in [-0.15, -0.1) is 0 Å². The molecule has 10 heteroatoms. The van der Waals surface area contributed by atoms with E-state index in [-0.39, 0.29) is 17.4 Å². The molecule has 182 valence electrons. The molecule has 1 amide bonds. The summed E-state index contributed by atoms with van der Waals surface area (Å²) >= 11 is 6.49. The van der Waals surface area contributed by atoms with Crippen LogP contribution in [0.25, 0.3) is 28.0 Å². The third-order valence-electron chi connectivity index (χ3n) is 6.15. The number of nitrogens with zero attached hydrogens (tertiary/aromatic N) is 3. The van der Waals surface area contributed by atoms with Crippen molar-refractivity contribution in [3.63, 3.8) is 0 Å². The monoisotopic (exact) mass is 512 g/mol. The number of pyridine rings is 1. The highest BCUT2D eigenvalue weighted by Crippen LogP contribution is 2.50. The van der Waals surface area contributed by atoms with Crippen LogP contribution >= 0.6 is 22.2 Å². The van der Waals surface area contributed by atoms with Crippen LogP contribution < -0.4 is 10.1 Å². The standard InChI is InChI=1S/C25H25ClN4O4S/c1-25(12-13-35(32,33)15-25)28-24(31)16-10-11-18-20(14-16)30(21-8-5-9-22(27-21)34-2)29-23(18)17-6-3-4-7-19(17)26/h3-11,14,32-33H,12-13,15H2,1-2H3,(H,28,31). The molecule has 1 aliphatic heterocycles. The van der Waals surface area contributed by atoms with Gasteiger partial charge in [0.1, 0.15) is 5.69 Å². The van der Waals surface area contributed by atoms with Gasteiger partial charge in [0.15, 0.2) is 5.82 Å². The van der Waals surface area contributed by atoms with Gasteiger partial charge in [0.25, 0.3) is 5.91 Å². The molecule has 0 saturated carbocycles. The minimum Gasteiger partial charge on any atom is -0.481 e. The van der Waals surface area contributed by atoms with Gasteiger partial charge < -0.3 is 10.1 Å². The van der Waals surface area contributed by atoms with Crippen molar-refractivity contribution in [3.8, 4) is 23.0 Å². The number of methoxy groups -OCH3 is 1. The van der Waals surface area contributed by atoms with E-state index in [9.17, 15) is 13.9 Å². The molecular weight excluding hydrogens is 488 g/mol. The Morgan fingerprint density at radius 2 is 1.97 bits per heavy atom. The first kappa shape index (κ1) is 23.6. The van der Waals surface area contributed by atoms with Gasteiger partial charge in [-0.2, -0.15) is 20.7 Å². The number of carbonyl (C=O) groups excluding carboxylic acids is 1. The van der Waals surface area contributed by atoms with Crippen LogP contribution in [0.3, 0.4) is 0 Å². The first-order valence-corrected chi connectivity index (χ1v) is 13.3. The molecule has 0 spiro atoms. The molecule has 0 bridgehead atoms. The molecule has 3 N–H and O–H groups in total. The molecule has 2 aromatic heterocycles. The molecule has 3 heterocycles. The average Bonchev–Trinajstić information content (AvgIpc) is 3.35.